The zero-order valence-corrected chi connectivity index (χ0v) is 7.00. The van der Waals surface area contributed by atoms with E-state index in [0.29, 0.717) is 0 Å². The number of hydrogen-bond acceptors (Lipinski definition) is 2. The molecule has 0 unspecified atom stereocenters. The summed E-state index contributed by atoms with van der Waals surface area (Å²) in [5.74, 6) is -0.349. The molecule has 3 heteroatoms. The lowest BCUT2D eigenvalue weighted by Gasteiger charge is -2.05. The first-order chi connectivity index (χ1) is 5.70. The van der Waals surface area contributed by atoms with Crippen molar-refractivity contribution in [3.63, 3.8) is 0 Å². The Labute approximate surface area is 71.6 Å². The van der Waals surface area contributed by atoms with Crippen LogP contribution in [0.3, 0.4) is 0 Å². The fourth-order valence-corrected chi connectivity index (χ4v) is 0.954. The summed E-state index contributed by atoms with van der Waals surface area (Å²) >= 11 is 0. The van der Waals surface area contributed by atoms with Crippen LogP contribution in [0.15, 0.2) is 24.3 Å². The Morgan fingerprint density at radius 3 is 2.75 bits per heavy atom. The SMILES string of the molecule is Cc1ccccc1NCC(N)=O. The molecule has 0 aliphatic heterocycles. The molecule has 1 amide bonds. The van der Waals surface area contributed by atoms with Crippen LogP contribution in [0, 0.1) is 6.92 Å². The van der Waals surface area contributed by atoms with E-state index in [-0.39, 0.29) is 12.5 Å². The molecule has 0 saturated carbocycles. The highest BCUT2D eigenvalue weighted by molar-refractivity contribution is 5.79. The summed E-state index contributed by atoms with van der Waals surface area (Å²) in [6, 6.07) is 7.75. The fraction of sp³-hybridized carbons (Fsp3) is 0.222. The van der Waals surface area contributed by atoms with Gasteiger partial charge in [-0.25, -0.2) is 0 Å². The van der Waals surface area contributed by atoms with Gasteiger partial charge in [-0.05, 0) is 18.6 Å². The minimum atomic E-state index is -0.349. The van der Waals surface area contributed by atoms with Gasteiger partial charge in [-0.2, -0.15) is 0 Å². The Morgan fingerprint density at radius 1 is 1.50 bits per heavy atom. The Balaban J connectivity index is 2.63. The third-order valence-corrected chi connectivity index (χ3v) is 1.60. The lowest BCUT2D eigenvalue weighted by Crippen LogP contribution is -2.22. The van der Waals surface area contributed by atoms with Gasteiger partial charge in [0.15, 0.2) is 0 Å². The maximum absolute atomic E-state index is 10.4. The number of carbonyl (C=O) groups is 1. The van der Waals surface area contributed by atoms with E-state index in [0.717, 1.165) is 11.3 Å². The largest absolute Gasteiger partial charge is 0.376 e. The number of aryl methyl sites for hydroxylation is 1. The molecule has 1 aromatic carbocycles. The molecule has 0 aromatic heterocycles. The number of benzene rings is 1. The molecule has 0 fully saturated rings. The molecule has 0 spiro atoms. The number of carbonyl (C=O) groups excluding carboxylic acids is 1. The Bertz CT molecular complexity index is 284. The van der Waals surface area contributed by atoms with Gasteiger partial charge in [0.05, 0.1) is 6.54 Å². The fourth-order valence-electron chi connectivity index (χ4n) is 0.954. The van der Waals surface area contributed by atoms with Crippen LogP contribution in [-0.2, 0) is 4.79 Å². The molecule has 0 heterocycles. The molecule has 0 bridgehead atoms. The summed E-state index contributed by atoms with van der Waals surface area (Å²) in [4.78, 5) is 10.4. The standard InChI is InChI=1S/C9H12N2O/c1-7-4-2-3-5-8(7)11-6-9(10)12/h2-5,11H,6H2,1H3,(H2,10,12). The van der Waals surface area contributed by atoms with Gasteiger partial charge < -0.3 is 11.1 Å². The monoisotopic (exact) mass is 164 g/mol. The number of anilines is 1. The number of nitrogens with two attached hydrogens (primary N) is 1. The normalized spacial score (nSPS) is 9.42. The molecule has 64 valence electrons. The zero-order chi connectivity index (χ0) is 8.97. The van der Waals surface area contributed by atoms with Crippen LogP contribution in [0.2, 0.25) is 0 Å². The topological polar surface area (TPSA) is 55.1 Å². The van der Waals surface area contributed by atoms with Gasteiger partial charge in [0.2, 0.25) is 5.91 Å². The van der Waals surface area contributed by atoms with Crippen LogP contribution in [0.1, 0.15) is 5.56 Å². The van der Waals surface area contributed by atoms with Gasteiger partial charge in [0.25, 0.3) is 0 Å². The van der Waals surface area contributed by atoms with Gasteiger partial charge in [-0.3, -0.25) is 4.79 Å². The number of amides is 1. The van der Waals surface area contributed by atoms with Crippen LogP contribution >= 0.6 is 0 Å². The van der Waals surface area contributed by atoms with Crippen molar-refractivity contribution < 1.29 is 4.79 Å². The van der Waals surface area contributed by atoms with E-state index in [1.807, 2.05) is 31.2 Å². The van der Waals surface area contributed by atoms with Gasteiger partial charge >= 0.3 is 0 Å². The van der Waals surface area contributed by atoms with Crippen LogP contribution in [0.4, 0.5) is 5.69 Å². The van der Waals surface area contributed by atoms with E-state index in [1.165, 1.54) is 0 Å². The second-order valence-electron chi connectivity index (χ2n) is 2.63. The summed E-state index contributed by atoms with van der Waals surface area (Å²) in [6.45, 7) is 2.16. The Kier molecular flexibility index (Phi) is 2.69. The third kappa shape index (κ3) is 2.27. The quantitative estimate of drug-likeness (QED) is 0.697. The van der Waals surface area contributed by atoms with Crippen molar-refractivity contribution in [2.75, 3.05) is 11.9 Å². The molecule has 0 radical (unpaired) electrons. The summed E-state index contributed by atoms with van der Waals surface area (Å²) in [5, 5.41) is 2.94. The first kappa shape index (κ1) is 8.59. The highest BCUT2D eigenvalue weighted by Gasteiger charge is 1.96. The van der Waals surface area contributed by atoms with Crippen molar-refractivity contribution in [3.05, 3.63) is 29.8 Å². The molecular formula is C9H12N2O. The predicted molar refractivity (Wildman–Crippen MR) is 48.9 cm³/mol. The lowest BCUT2D eigenvalue weighted by atomic mass is 10.2. The average molecular weight is 164 g/mol. The average Bonchev–Trinajstić information content (AvgIpc) is 2.03. The van der Waals surface area contributed by atoms with Crippen LogP contribution < -0.4 is 11.1 Å². The minimum absolute atomic E-state index is 0.185. The number of primary amides is 1. The summed E-state index contributed by atoms with van der Waals surface area (Å²) in [5.41, 5.74) is 7.05. The molecule has 3 nitrogen and oxygen atoms in total. The van der Waals surface area contributed by atoms with Gasteiger partial charge in [0, 0.05) is 5.69 Å². The van der Waals surface area contributed by atoms with Gasteiger partial charge in [-0.1, -0.05) is 18.2 Å². The number of para-hydroxylation sites is 1. The number of nitrogens with one attached hydrogen (secondary N) is 1. The van der Waals surface area contributed by atoms with Crippen molar-refractivity contribution in [1.29, 1.82) is 0 Å². The van der Waals surface area contributed by atoms with E-state index in [2.05, 4.69) is 5.32 Å². The Morgan fingerprint density at radius 2 is 2.17 bits per heavy atom. The van der Waals surface area contributed by atoms with Crippen LogP contribution in [-0.4, -0.2) is 12.5 Å². The van der Waals surface area contributed by atoms with Crippen molar-refractivity contribution in [2.45, 2.75) is 6.92 Å². The molecule has 12 heavy (non-hydrogen) atoms. The van der Waals surface area contributed by atoms with E-state index >= 15 is 0 Å². The van der Waals surface area contributed by atoms with Crippen LogP contribution in [0.5, 0.6) is 0 Å². The molecule has 0 aliphatic rings. The van der Waals surface area contributed by atoms with Crippen molar-refractivity contribution in [2.24, 2.45) is 5.73 Å². The molecular weight excluding hydrogens is 152 g/mol. The highest BCUT2D eigenvalue weighted by atomic mass is 16.1. The summed E-state index contributed by atoms with van der Waals surface area (Å²) in [7, 11) is 0. The lowest BCUT2D eigenvalue weighted by molar-refractivity contribution is -0.116. The molecule has 0 aliphatic carbocycles. The van der Waals surface area contributed by atoms with E-state index < -0.39 is 0 Å². The van der Waals surface area contributed by atoms with E-state index in [9.17, 15) is 4.79 Å². The minimum Gasteiger partial charge on any atom is -0.376 e. The summed E-state index contributed by atoms with van der Waals surface area (Å²) in [6.07, 6.45) is 0. The second-order valence-corrected chi connectivity index (χ2v) is 2.63. The van der Waals surface area contributed by atoms with Crippen LogP contribution in [0.25, 0.3) is 0 Å². The van der Waals surface area contributed by atoms with Crippen molar-refractivity contribution >= 4 is 11.6 Å². The maximum atomic E-state index is 10.4. The number of hydrogen-bond donors (Lipinski definition) is 2. The number of rotatable bonds is 3. The van der Waals surface area contributed by atoms with Crippen molar-refractivity contribution in [1.82, 2.24) is 0 Å². The van der Waals surface area contributed by atoms with Gasteiger partial charge in [0.1, 0.15) is 0 Å². The molecule has 0 saturated heterocycles. The molecule has 3 N–H and O–H groups in total. The predicted octanol–water partition coefficient (Wildman–Crippen LogP) is 0.892. The Hall–Kier alpha value is -1.51. The maximum Gasteiger partial charge on any atom is 0.236 e. The van der Waals surface area contributed by atoms with E-state index in [1.54, 1.807) is 0 Å². The first-order valence-electron chi connectivity index (χ1n) is 3.78. The van der Waals surface area contributed by atoms with E-state index in [4.69, 9.17) is 5.73 Å². The highest BCUT2D eigenvalue weighted by Crippen LogP contribution is 2.11. The second kappa shape index (κ2) is 3.76. The molecule has 0 atom stereocenters. The smallest absolute Gasteiger partial charge is 0.236 e. The summed E-state index contributed by atoms with van der Waals surface area (Å²) < 4.78 is 0. The van der Waals surface area contributed by atoms with Gasteiger partial charge in [-0.15, -0.1) is 0 Å². The molecule has 1 rings (SSSR count). The third-order valence-electron chi connectivity index (χ3n) is 1.60. The zero-order valence-electron chi connectivity index (χ0n) is 7.00. The van der Waals surface area contributed by atoms with Crippen molar-refractivity contribution in [3.8, 4) is 0 Å². The first-order valence-corrected chi connectivity index (χ1v) is 3.78. The molecule has 1 aromatic rings.